The SMILES string of the molecule is COc1cc(Br)c(OCCCc2cccc(N)c2)cc1Br. The molecule has 2 rings (SSSR count). The first-order valence-corrected chi connectivity index (χ1v) is 8.19. The Morgan fingerprint density at radius 2 is 1.76 bits per heavy atom. The van der Waals surface area contributed by atoms with Crippen LogP contribution in [0.2, 0.25) is 0 Å². The highest BCUT2D eigenvalue weighted by Gasteiger charge is 2.08. The minimum Gasteiger partial charge on any atom is -0.496 e. The van der Waals surface area contributed by atoms with Gasteiger partial charge in [0.1, 0.15) is 11.5 Å². The van der Waals surface area contributed by atoms with Crippen molar-refractivity contribution in [3.05, 3.63) is 50.9 Å². The van der Waals surface area contributed by atoms with E-state index in [4.69, 9.17) is 15.2 Å². The van der Waals surface area contributed by atoms with Gasteiger partial charge in [0.15, 0.2) is 0 Å². The molecule has 112 valence electrons. The molecule has 21 heavy (non-hydrogen) atoms. The van der Waals surface area contributed by atoms with Gasteiger partial charge in [0.2, 0.25) is 0 Å². The maximum atomic E-state index is 5.81. The molecule has 0 unspecified atom stereocenters. The molecule has 3 nitrogen and oxygen atoms in total. The molecular weight excluding hydrogens is 398 g/mol. The number of aryl methyl sites for hydroxylation is 1. The first-order chi connectivity index (χ1) is 10.1. The maximum absolute atomic E-state index is 5.81. The zero-order valence-electron chi connectivity index (χ0n) is 11.7. The molecule has 0 heterocycles. The van der Waals surface area contributed by atoms with Gasteiger partial charge in [0.25, 0.3) is 0 Å². The quantitative estimate of drug-likeness (QED) is 0.544. The minimum atomic E-state index is 0.645. The van der Waals surface area contributed by atoms with Gasteiger partial charge < -0.3 is 15.2 Å². The number of methoxy groups -OCH3 is 1. The fourth-order valence-corrected chi connectivity index (χ4v) is 2.91. The highest BCUT2D eigenvalue weighted by atomic mass is 79.9. The van der Waals surface area contributed by atoms with E-state index >= 15 is 0 Å². The normalized spacial score (nSPS) is 10.4. The van der Waals surface area contributed by atoms with E-state index in [1.165, 1.54) is 5.56 Å². The van der Waals surface area contributed by atoms with E-state index < -0.39 is 0 Å². The van der Waals surface area contributed by atoms with Gasteiger partial charge in [-0.05, 0) is 74.5 Å². The number of anilines is 1. The monoisotopic (exact) mass is 413 g/mol. The van der Waals surface area contributed by atoms with Crippen molar-refractivity contribution in [2.45, 2.75) is 12.8 Å². The molecule has 0 atom stereocenters. The molecule has 0 spiro atoms. The lowest BCUT2D eigenvalue weighted by atomic mass is 10.1. The van der Waals surface area contributed by atoms with Crippen molar-refractivity contribution in [2.24, 2.45) is 0 Å². The lowest BCUT2D eigenvalue weighted by Gasteiger charge is -2.11. The van der Waals surface area contributed by atoms with Crippen LogP contribution in [-0.4, -0.2) is 13.7 Å². The fraction of sp³-hybridized carbons (Fsp3) is 0.250. The Balaban J connectivity index is 1.88. The molecule has 0 aliphatic heterocycles. The topological polar surface area (TPSA) is 44.5 Å². The summed E-state index contributed by atoms with van der Waals surface area (Å²) >= 11 is 6.94. The van der Waals surface area contributed by atoms with Gasteiger partial charge in [0, 0.05) is 5.69 Å². The maximum Gasteiger partial charge on any atom is 0.134 e. The van der Waals surface area contributed by atoms with E-state index in [0.29, 0.717) is 6.61 Å². The van der Waals surface area contributed by atoms with Crippen LogP contribution in [0.5, 0.6) is 11.5 Å². The number of halogens is 2. The molecule has 5 heteroatoms. The van der Waals surface area contributed by atoms with Crippen molar-refractivity contribution in [1.29, 1.82) is 0 Å². The number of rotatable bonds is 6. The molecule has 0 bridgehead atoms. The molecule has 2 aromatic rings. The fourth-order valence-electron chi connectivity index (χ4n) is 1.98. The molecular formula is C16H17Br2NO2. The summed E-state index contributed by atoms with van der Waals surface area (Å²) in [5, 5.41) is 0. The molecule has 0 radical (unpaired) electrons. The lowest BCUT2D eigenvalue weighted by Crippen LogP contribution is -2.01. The lowest BCUT2D eigenvalue weighted by molar-refractivity contribution is 0.308. The molecule has 0 saturated carbocycles. The third kappa shape index (κ3) is 4.64. The molecule has 0 saturated heterocycles. The van der Waals surface area contributed by atoms with Gasteiger partial charge in [-0.3, -0.25) is 0 Å². The smallest absolute Gasteiger partial charge is 0.134 e. The summed E-state index contributed by atoms with van der Waals surface area (Å²) in [6, 6.07) is 11.7. The van der Waals surface area contributed by atoms with E-state index in [-0.39, 0.29) is 0 Å². The number of benzene rings is 2. The van der Waals surface area contributed by atoms with Crippen LogP contribution in [0.25, 0.3) is 0 Å². The van der Waals surface area contributed by atoms with Crippen molar-refractivity contribution in [3.8, 4) is 11.5 Å². The first-order valence-electron chi connectivity index (χ1n) is 6.60. The summed E-state index contributed by atoms with van der Waals surface area (Å²) in [6.45, 7) is 0.645. The third-order valence-electron chi connectivity index (χ3n) is 3.02. The Hall–Kier alpha value is -1.20. The van der Waals surface area contributed by atoms with Crippen LogP contribution < -0.4 is 15.2 Å². The van der Waals surface area contributed by atoms with Crippen LogP contribution in [0.15, 0.2) is 45.3 Å². The number of nitrogen functional groups attached to an aromatic ring is 1. The van der Waals surface area contributed by atoms with E-state index in [0.717, 1.165) is 39.0 Å². The molecule has 0 fully saturated rings. The first kappa shape index (κ1) is 16.2. The summed E-state index contributed by atoms with van der Waals surface area (Å²) in [6.07, 6.45) is 1.87. The summed E-state index contributed by atoms with van der Waals surface area (Å²) < 4.78 is 12.8. The molecule has 0 aromatic heterocycles. The Morgan fingerprint density at radius 1 is 1.05 bits per heavy atom. The zero-order valence-corrected chi connectivity index (χ0v) is 14.9. The summed E-state index contributed by atoms with van der Waals surface area (Å²) in [5.41, 5.74) is 7.79. The van der Waals surface area contributed by atoms with Gasteiger partial charge in [-0.1, -0.05) is 12.1 Å². The number of nitrogens with two attached hydrogens (primary N) is 1. The third-order valence-corrected chi connectivity index (χ3v) is 4.26. The van der Waals surface area contributed by atoms with Crippen LogP contribution in [0.4, 0.5) is 5.69 Å². The Bertz CT molecular complexity index is 617. The van der Waals surface area contributed by atoms with E-state index in [9.17, 15) is 0 Å². The van der Waals surface area contributed by atoms with Crippen molar-refractivity contribution < 1.29 is 9.47 Å². The molecule has 2 N–H and O–H groups in total. The van der Waals surface area contributed by atoms with Crippen LogP contribution in [0.1, 0.15) is 12.0 Å². The Morgan fingerprint density at radius 3 is 2.48 bits per heavy atom. The minimum absolute atomic E-state index is 0.645. The van der Waals surface area contributed by atoms with Crippen LogP contribution in [0.3, 0.4) is 0 Å². The number of hydrogen-bond acceptors (Lipinski definition) is 3. The summed E-state index contributed by atoms with van der Waals surface area (Å²) in [5.74, 6) is 1.57. The van der Waals surface area contributed by atoms with Gasteiger partial charge in [-0.2, -0.15) is 0 Å². The highest BCUT2D eigenvalue weighted by molar-refractivity contribution is 9.11. The molecule has 0 aliphatic carbocycles. The number of hydrogen-bond donors (Lipinski definition) is 1. The second-order valence-electron chi connectivity index (χ2n) is 4.61. The van der Waals surface area contributed by atoms with Crippen LogP contribution in [-0.2, 0) is 6.42 Å². The van der Waals surface area contributed by atoms with Crippen molar-refractivity contribution in [2.75, 3.05) is 19.5 Å². The van der Waals surface area contributed by atoms with E-state index in [2.05, 4.69) is 37.9 Å². The zero-order chi connectivity index (χ0) is 15.2. The van der Waals surface area contributed by atoms with Crippen molar-refractivity contribution in [3.63, 3.8) is 0 Å². The highest BCUT2D eigenvalue weighted by Crippen LogP contribution is 2.36. The Labute approximate surface area is 141 Å². The molecule has 0 aliphatic rings. The summed E-state index contributed by atoms with van der Waals surface area (Å²) in [4.78, 5) is 0. The van der Waals surface area contributed by atoms with E-state index in [1.807, 2.05) is 30.3 Å². The second-order valence-corrected chi connectivity index (χ2v) is 6.32. The van der Waals surface area contributed by atoms with Crippen molar-refractivity contribution in [1.82, 2.24) is 0 Å². The van der Waals surface area contributed by atoms with E-state index in [1.54, 1.807) is 7.11 Å². The largest absolute Gasteiger partial charge is 0.496 e. The second kappa shape index (κ2) is 7.71. The summed E-state index contributed by atoms with van der Waals surface area (Å²) in [7, 11) is 1.64. The standard InChI is InChI=1S/C16H17Br2NO2/c1-20-15-9-14(18)16(10-13(15)17)21-7-3-5-11-4-2-6-12(19)8-11/h2,4,6,8-10H,3,5,7,19H2,1H3. The van der Waals surface area contributed by atoms with Gasteiger partial charge in [0.05, 0.1) is 22.7 Å². The predicted octanol–water partition coefficient (Wildman–Crippen LogP) is 4.81. The van der Waals surface area contributed by atoms with Crippen LogP contribution in [0, 0.1) is 0 Å². The van der Waals surface area contributed by atoms with Gasteiger partial charge in [-0.15, -0.1) is 0 Å². The Kier molecular flexibility index (Phi) is 5.94. The number of ether oxygens (including phenoxy) is 2. The molecule has 2 aromatic carbocycles. The average molecular weight is 415 g/mol. The van der Waals surface area contributed by atoms with Crippen LogP contribution >= 0.6 is 31.9 Å². The van der Waals surface area contributed by atoms with Crippen molar-refractivity contribution >= 4 is 37.5 Å². The van der Waals surface area contributed by atoms with Gasteiger partial charge >= 0.3 is 0 Å². The molecule has 0 amide bonds. The predicted molar refractivity (Wildman–Crippen MR) is 93.1 cm³/mol. The van der Waals surface area contributed by atoms with Gasteiger partial charge in [-0.25, -0.2) is 0 Å². The average Bonchev–Trinajstić information content (AvgIpc) is 2.46.